The number of rotatable bonds is 5. The second-order valence-corrected chi connectivity index (χ2v) is 4.53. The molecule has 0 fully saturated rings. The van der Waals surface area contributed by atoms with Crippen molar-refractivity contribution in [3.8, 4) is 0 Å². The van der Waals surface area contributed by atoms with Crippen LogP contribution in [-0.4, -0.2) is 28.9 Å². The molecule has 88 valence electrons. The van der Waals surface area contributed by atoms with Crippen LogP contribution in [0.4, 0.5) is 5.82 Å². The highest BCUT2D eigenvalue weighted by Crippen LogP contribution is 2.05. The Morgan fingerprint density at radius 1 is 1.62 bits per heavy atom. The van der Waals surface area contributed by atoms with Gasteiger partial charge in [-0.2, -0.15) is 11.8 Å². The number of nitrogens with zero attached hydrogens (tertiary/aromatic N) is 1. The van der Waals surface area contributed by atoms with Crippen LogP contribution in [0.5, 0.6) is 0 Å². The van der Waals surface area contributed by atoms with Gasteiger partial charge in [0, 0.05) is 5.69 Å². The molecule has 0 aliphatic carbocycles. The Bertz CT molecular complexity index is 357. The second kappa shape index (κ2) is 6.50. The summed E-state index contributed by atoms with van der Waals surface area (Å²) in [7, 11) is 0. The van der Waals surface area contributed by atoms with E-state index < -0.39 is 6.04 Å². The Kier molecular flexibility index (Phi) is 5.28. The van der Waals surface area contributed by atoms with Gasteiger partial charge in [-0.05, 0) is 37.5 Å². The molecule has 1 amide bonds. The van der Waals surface area contributed by atoms with Gasteiger partial charge in [0.05, 0.1) is 6.04 Å². The van der Waals surface area contributed by atoms with Gasteiger partial charge >= 0.3 is 0 Å². The molecule has 0 unspecified atom stereocenters. The number of nitrogens with two attached hydrogens (primary N) is 1. The molecule has 0 aromatic carbocycles. The van der Waals surface area contributed by atoms with Gasteiger partial charge in [-0.1, -0.05) is 6.07 Å². The van der Waals surface area contributed by atoms with Crippen molar-refractivity contribution in [2.24, 2.45) is 5.73 Å². The molecule has 0 spiro atoms. The summed E-state index contributed by atoms with van der Waals surface area (Å²) < 4.78 is 0. The third-order valence-electron chi connectivity index (χ3n) is 2.11. The second-order valence-electron chi connectivity index (χ2n) is 3.54. The number of pyridine rings is 1. The maximum Gasteiger partial charge on any atom is 0.242 e. The van der Waals surface area contributed by atoms with Gasteiger partial charge in [0.1, 0.15) is 5.82 Å². The molecular weight excluding hydrogens is 222 g/mol. The van der Waals surface area contributed by atoms with Crippen LogP contribution in [0.25, 0.3) is 0 Å². The molecule has 0 radical (unpaired) electrons. The number of thioether (sulfide) groups is 1. The van der Waals surface area contributed by atoms with Crippen LogP contribution in [0.2, 0.25) is 0 Å². The van der Waals surface area contributed by atoms with Gasteiger partial charge in [-0.3, -0.25) is 4.79 Å². The summed E-state index contributed by atoms with van der Waals surface area (Å²) in [6.45, 7) is 1.88. The van der Waals surface area contributed by atoms with E-state index in [1.807, 2.05) is 25.3 Å². The third-order valence-corrected chi connectivity index (χ3v) is 2.75. The number of carbonyl (C=O) groups is 1. The summed E-state index contributed by atoms with van der Waals surface area (Å²) in [5.74, 6) is 1.27. The van der Waals surface area contributed by atoms with E-state index in [0.717, 1.165) is 11.4 Å². The van der Waals surface area contributed by atoms with Crippen LogP contribution in [0.3, 0.4) is 0 Å². The molecule has 0 aliphatic rings. The largest absolute Gasteiger partial charge is 0.320 e. The fraction of sp³-hybridized carbons (Fsp3) is 0.455. The van der Waals surface area contributed by atoms with Crippen molar-refractivity contribution in [2.45, 2.75) is 19.4 Å². The van der Waals surface area contributed by atoms with Gasteiger partial charge in [-0.15, -0.1) is 0 Å². The number of carbonyl (C=O) groups excluding carboxylic acids is 1. The lowest BCUT2D eigenvalue weighted by atomic mass is 10.2. The van der Waals surface area contributed by atoms with Gasteiger partial charge < -0.3 is 11.1 Å². The molecule has 3 N–H and O–H groups in total. The Labute approximate surface area is 100 Å². The molecule has 1 rings (SSSR count). The molecule has 1 atom stereocenters. The molecular formula is C11H17N3OS. The molecule has 5 heteroatoms. The number of amides is 1. The van der Waals surface area contributed by atoms with Crippen molar-refractivity contribution in [1.82, 2.24) is 4.98 Å². The summed E-state index contributed by atoms with van der Waals surface area (Å²) in [6, 6.07) is 5.02. The van der Waals surface area contributed by atoms with E-state index in [-0.39, 0.29) is 5.91 Å². The third kappa shape index (κ3) is 4.20. The minimum atomic E-state index is -0.463. The van der Waals surface area contributed by atoms with Crippen molar-refractivity contribution < 1.29 is 4.79 Å². The Hall–Kier alpha value is -1.07. The van der Waals surface area contributed by atoms with Gasteiger partial charge in [0.2, 0.25) is 5.91 Å². The average Bonchev–Trinajstić information content (AvgIpc) is 2.25. The number of aryl methyl sites for hydroxylation is 1. The first kappa shape index (κ1) is 13.0. The van der Waals surface area contributed by atoms with Crippen LogP contribution in [0, 0.1) is 6.92 Å². The van der Waals surface area contributed by atoms with Crippen molar-refractivity contribution in [3.63, 3.8) is 0 Å². The van der Waals surface area contributed by atoms with Crippen molar-refractivity contribution in [3.05, 3.63) is 23.9 Å². The Balaban J connectivity index is 2.50. The van der Waals surface area contributed by atoms with E-state index in [1.165, 1.54) is 0 Å². The summed E-state index contributed by atoms with van der Waals surface area (Å²) >= 11 is 1.68. The van der Waals surface area contributed by atoms with E-state index in [0.29, 0.717) is 12.2 Å². The molecule has 1 aromatic heterocycles. The van der Waals surface area contributed by atoms with Crippen molar-refractivity contribution >= 4 is 23.5 Å². The van der Waals surface area contributed by atoms with Crippen LogP contribution in [0.1, 0.15) is 12.1 Å². The molecule has 0 saturated heterocycles. The quantitative estimate of drug-likeness (QED) is 0.815. The van der Waals surface area contributed by atoms with Crippen molar-refractivity contribution in [2.75, 3.05) is 17.3 Å². The average molecular weight is 239 g/mol. The highest BCUT2D eigenvalue weighted by Gasteiger charge is 2.13. The number of aromatic nitrogens is 1. The first-order valence-electron chi connectivity index (χ1n) is 5.12. The van der Waals surface area contributed by atoms with Crippen molar-refractivity contribution in [1.29, 1.82) is 0 Å². The van der Waals surface area contributed by atoms with E-state index in [9.17, 15) is 4.79 Å². The van der Waals surface area contributed by atoms with Crippen LogP contribution in [-0.2, 0) is 4.79 Å². The maximum absolute atomic E-state index is 11.6. The van der Waals surface area contributed by atoms with Gasteiger partial charge in [0.15, 0.2) is 0 Å². The van der Waals surface area contributed by atoms with E-state index in [2.05, 4.69) is 10.3 Å². The molecule has 0 aliphatic heterocycles. The normalized spacial score (nSPS) is 12.2. The molecule has 0 bridgehead atoms. The zero-order chi connectivity index (χ0) is 12.0. The first-order chi connectivity index (χ1) is 7.63. The van der Waals surface area contributed by atoms with E-state index in [1.54, 1.807) is 17.8 Å². The Morgan fingerprint density at radius 2 is 2.38 bits per heavy atom. The molecule has 0 saturated carbocycles. The van der Waals surface area contributed by atoms with E-state index >= 15 is 0 Å². The minimum absolute atomic E-state index is 0.174. The molecule has 1 heterocycles. The van der Waals surface area contributed by atoms with Crippen LogP contribution >= 0.6 is 11.8 Å². The summed E-state index contributed by atoms with van der Waals surface area (Å²) in [5, 5.41) is 2.71. The predicted molar refractivity (Wildman–Crippen MR) is 68.6 cm³/mol. The molecule has 16 heavy (non-hydrogen) atoms. The maximum atomic E-state index is 11.6. The Morgan fingerprint density at radius 3 is 3.00 bits per heavy atom. The lowest BCUT2D eigenvalue weighted by Crippen LogP contribution is -2.36. The fourth-order valence-corrected chi connectivity index (χ4v) is 1.70. The smallest absolute Gasteiger partial charge is 0.242 e. The fourth-order valence-electron chi connectivity index (χ4n) is 1.21. The topological polar surface area (TPSA) is 68.0 Å². The predicted octanol–water partition coefficient (Wildman–Crippen LogP) is 1.41. The SMILES string of the molecule is CSCC[C@H](N)C(=O)Nc1cccc(C)n1. The van der Waals surface area contributed by atoms with Crippen LogP contribution < -0.4 is 11.1 Å². The monoisotopic (exact) mass is 239 g/mol. The number of anilines is 1. The molecule has 1 aromatic rings. The summed E-state index contributed by atoms with van der Waals surface area (Å²) in [4.78, 5) is 15.8. The number of hydrogen-bond acceptors (Lipinski definition) is 4. The zero-order valence-electron chi connectivity index (χ0n) is 9.56. The number of hydrogen-bond donors (Lipinski definition) is 2. The summed E-state index contributed by atoms with van der Waals surface area (Å²) in [5.41, 5.74) is 6.61. The minimum Gasteiger partial charge on any atom is -0.320 e. The standard InChI is InChI=1S/C11H17N3OS/c1-8-4-3-5-10(13-8)14-11(15)9(12)6-7-16-2/h3-5,9H,6-7,12H2,1-2H3,(H,13,14,15)/t9-/m0/s1. The van der Waals surface area contributed by atoms with Gasteiger partial charge in [0.25, 0.3) is 0 Å². The van der Waals surface area contributed by atoms with Crippen LogP contribution in [0.15, 0.2) is 18.2 Å². The lowest BCUT2D eigenvalue weighted by molar-refractivity contribution is -0.117. The first-order valence-corrected chi connectivity index (χ1v) is 6.52. The molecule has 4 nitrogen and oxygen atoms in total. The highest BCUT2D eigenvalue weighted by atomic mass is 32.2. The summed E-state index contributed by atoms with van der Waals surface area (Å²) in [6.07, 6.45) is 2.67. The lowest BCUT2D eigenvalue weighted by Gasteiger charge is -2.11. The van der Waals surface area contributed by atoms with E-state index in [4.69, 9.17) is 5.73 Å². The highest BCUT2D eigenvalue weighted by molar-refractivity contribution is 7.98. The number of nitrogens with one attached hydrogen (secondary N) is 1. The zero-order valence-corrected chi connectivity index (χ0v) is 10.4. The van der Waals surface area contributed by atoms with Gasteiger partial charge in [-0.25, -0.2) is 4.98 Å².